The molecule has 0 bridgehead atoms. The van der Waals surface area contributed by atoms with Crippen molar-refractivity contribution >= 4 is 40.3 Å². The van der Waals surface area contributed by atoms with Crippen LogP contribution in [0.3, 0.4) is 0 Å². The Morgan fingerprint density at radius 3 is 2.29 bits per heavy atom. The second-order valence-corrected chi connectivity index (χ2v) is 3.70. The fourth-order valence-corrected chi connectivity index (χ4v) is 1.17. The third-order valence-corrected chi connectivity index (χ3v) is 2.06. The molecule has 74 valence electrons. The maximum absolute atomic E-state index is 11.0. The average molecular weight is 305 g/mol. The van der Waals surface area contributed by atoms with Crippen LogP contribution in [0, 0.1) is 3.57 Å². The molecule has 0 saturated carbocycles. The van der Waals surface area contributed by atoms with Crippen molar-refractivity contribution in [2.75, 3.05) is 5.32 Å². The van der Waals surface area contributed by atoms with Gasteiger partial charge in [0, 0.05) is 9.26 Å². The molecule has 0 saturated heterocycles. The fourth-order valence-electron chi connectivity index (χ4n) is 0.807. The van der Waals surface area contributed by atoms with Crippen molar-refractivity contribution in [1.82, 2.24) is 5.32 Å². The van der Waals surface area contributed by atoms with Crippen molar-refractivity contribution < 1.29 is 9.59 Å². The van der Waals surface area contributed by atoms with E-state index in [1.807, 2.05) is 17.4 Å². The molecule has 6 heteroatoms. The standard InChI is InChI=1S/C8H8IN3O2/c9-5-1-3-6(4-2-5)11-8(14)12-7(10)13/h1-4H,(H4,10,11,12,13,14). The highest BCUT2D eigenvalue weighted by atomic mass is 127. The number of amides is 4. The third kappa shape index (κ3) is 3.60. The number of primary amides is 1. The summed E-state index contributed by atoms with van der Waals surface area (Å²) in [6.45, 7) is 0. The minimum atomic E-state index is -0.881. The van der Waals surface area contributed by atoms with Gasteiger partial charge in [0.25, 0.3) is 0 Å². The zero-order chi connectivity index (χ0) is 10.6. The Morgan fingerprint density at radius 2 is 1.79 bits per heavy atom. The number of halogens is 1. The van der Waals surface area contributed by atoms with Crippen LogP contribution in [-0.4, -0.2) is 12.1 Å². The van der Waals surface area contributed by atoms with E-state index in [0.29, 0.717) is 5.69 Å². The SMILES string of the molecule is NC(=O)NC(=O)Nc1ccc(I)cc1. The van der Waals surface area contributed by atoms with Gasteiger partial charge < -0.3 is 11.1 Å². The summed E-state index contributed by atoms with van der Waals surface area (Å²) in [5, 5.41) is 4.34. The van der Waals surface area contributed by atoms with Crippen molar-refractivity contribution in [2.24, 2.45) is 5.73 Å². The molecule has 0 atom stereocenters. The van der Waals surface area contributed by atoms with Gasteiger partial charge in [-0.05, 0) is 46.9 Å². The van der Waals surface area contributed by atoms with E-state index >= 15 is 0 Å². The highest BCUT2D eigenvalue weighted by molar-refractivity contribution is 14.1. The van der Waals surface area contributed by atoms with Crippen LogP contribution in [0.2, 0.25) is 0 Å². The molecule has 14 heavy (non-hydrogen) atoms. The second kappa shape index (κ2) is 4.80. The normalized spacial score (nSPS) is 9.21. The molecule has 0 aliphatic carbocycles. The van der Waals surface area contributed by atoms with E-state index in [2.05, 4.69) is 27.9 Å². The van der Waals surface area contributed by atoms with Crippen LogP contribution in [0.4, 0.5) is 15.3 Å². The fraction of sp³-hybridized carbons (Fsp3) is 0. The van der Waals surface area contributed by atoms with E-state index in [9.17, 15) is 9.59 Å². The molecular weight excluding hydrogens is 297 g/mol. The van der Waals surface area contributed by atoms with Crippen LogP contribution < -0.4 is 16.4 Å². The van der Waals surface area contributed by atoms with Gasteiger partial charge in [-0.2, -0.15) is 0 Å². The lowest BCUT2D eigenvalue weighted by Crippen LogP contribution is -2.38. The van der Waals surface area contributed by atoms with Crippen LogP contribution in [0.1, 0.15) is 0 Å². The summed E-state index contributed by atoms with van der Waals surface area (Å²) in [7, 11) is 0. The molecule has 1 aromatic rings. The molecule has 1 aromatic carbocycles. The van der Waals surface area contributed by atoms with Crippen LogP contribution >= 0.6 is 22.6 Å². The van der Waals surface area contributed by atoms with Crippen molar-refractivity contribution in [2.45, 2.75) is 0 Å². The summed E-state index contributed by atoms with van der Waals surface area (Å²) in [6, 6.07) is 5.60. The molecule has 0 spiro atoms. The number of anilines is 1. The molecule has 0 aliphatic rings. The van der Waals surface area contributed by atoms with Gasteiger partial charge in [-0.25, -0.2) is 9.59 Å². The first-order chi connectivity index (χ1) is 6.58. The van der Waals surface area contributed by atoms with Gasteiger partial charge in [-0.15, -0.1) is 0 Å². The van der Waals surface area contributed by atoms with Crippen molar-refractivity contribution in [3.63, 3.8) is 0 Å². The molecule has 0 radical (unpaired) electrons. The van der Waals surface area contributed by atoms with Gasteiger partial charge in [0.15, 0.2) is 0 Å². The summed E-state index contributed by atoms with van der Waals surface area (Å²) in [4.78, 5) is 21.3. The summed E-state index contributed by atoms with van der Waals surface area (Å²) >= 11 is 2.15. The van der Waals surface area contributed by atoms with Gasteiger partial charge in [-0.3, -0.25) is 5.32 Å². The Bertz CT molecular complexity index is 350. The van der Waals surface area contributed by atoms with E-state index in [1.54, 1.807) is 12.1 Å². The lowest BCUT2D eigenvalue weighted by molar-refractivity contribution is 0.238. The minimum absolute atomic E-state index is 0.601. The van der Waals surface area contributed by atoms with E-state index in [-0.39, 0.29) is 0 Å². The zero-order valence-corrected chi connectivity index (χ0v) is 9.24. The summed E-state index contributed by atoms with van der Waals surface area (Å²) in [5.41, 5.74) is 5.36. The molecule has 0 aromatic heterocycles. The molecule has 0 fully saturated rings. The first-order valence-electron chi connectivity index (χ1n) is 3.71. The van der Waals surface area contributed by atoms with Gasteiger partial charge in [0.05, 0.1) is 0 Å². The second-order valence-electron chi connectivity index (χ2n) is 2.45. The molecule has 0 aliphatic heterocycles. The predicted octanol–water partition coefficient (Wildman–Crippen LogP) is 1.49. The van der Waals surface area contributed by atoms with E-state index in [0.717, 1.165) is 3.57 Å². The van der Waals surface area contributed by atoms with Crippen LogP contribution in [-0.2, 0) is 0 Å². The van der Waals surface area contributed by atoms with E-state index in [4.69, 9.17) is 5.73 Å². The lowest BCUT2D eigenvalue weighted by Gasteiger charge is -2.04. The first kappa shape index (κ1) is 10.8. The Hall–Kier alpha value is -1.31. The molecular formula is C8H8IN3O2. The Kier molecular flexibility index (Phi) is 3.69. The van der Waals surface area contributed by atoms with E-state index in [1.165, 1.54) is 0 Å². The van der Waals surface area contributed by atoms with Crippen molar-refractivity contribution in [3.8, 4) is 0 Å². The maximum atomic E-state index is 11.0. The Morgan fingerprint density at radius 1 is 1.21 bits per heavy atom. The smallest absolute Gasteiger partial charge is 0.327 e. The number of rotatable bonds is 1. The van der Waals surface area contributed by atoms with Gasteiger partial charge in [0.1, 0.15) is 0 Å². The number of hydrogen-bond donors (Lipinski definition) is 3. The molecule has 1 rings (SSSR count). The van der Waals surface area contributed by atoms with Gasteiger partial charge in [-0.1, -0.05) is 0 Å². The molecule has 0 heterocycles. The summed E-state index contributed by atoms with van der Waals surface area (Å²) in [5.74, 6) is 0. The monoisotopic (exact) mass is 305 g/mol. The molecule has 4 N–H and O–H groups in total. The topological polar surface area (TPSA) is 84.2 Å². The summed E-state index contributed by atoms with van der Waals surface area (Å²) in [6.07, 6.45) is 0. The zero-order valence-electron chi connectivity index (χ0n) is 7.08. The number of imide groups is 1. The molecule has 4 amide bonds. The van der Waals surface area contributed by atoms with Crippen molar-refractivity contribution in [3.05, 3.63) is 27.8 Å². The number of carbonyl (C=O) groups is 2. The number of urea groups is 2. The number of hydrogen-bond acceptors (Lipinski definition) is 2. The van der Waals surface area contributed by atoms with Crippen LogP contribution in [0.25, 0.3) is 0 Å². The van der Waals surface area contributed by atoms with E-state index < -0.39 is 12.1 Å². The van der Waals surface area contributed by atoms with Crippen molar-refractivity contribution in [1.29, 1.82) is 0 Å². The molecule has 5 nitrogen and oxygen atoms in total. The lowest BCUT2D eigenvalue weighted by atomic mass is 10.3. The largest absolute Gasteiger partial charge is 0.351 e. The predicted molar refractivity (Wildman–Crippen MR) is 60.9 cm³/mol. The Balaban J connectivity index is 2.56. The number of benzene rings is 1. The first-order valence-corrected chi connectivity index (χ1v) is 4.79. The van der Waals surface area contributed by atoms with Crippen LogP contribution in [0.5, 0.6) is 0 Å². The quantitative estimate of drug-likeness (QED) is 0.687. The van der Waals surface area contributed by atoms with Crippen LogP contribution in [0.15, 0.2) is 24.3 Å². The highest BCUT2D eigenvalue weighted by Crippen LogP contribution is 2.10. The molecule has 0 unspecified atom stereocenters. The van der Waals surface area contributed by atoms with Gasteiger partial charge >= 0.3 is 12.1 Å². The highest BCUT2D eigenvalue weighted by Gasteiger charge is 2.02. The summed E-state index contributed by atoms with van der Waals surface area (Å²) < 4.78 is 1.06. The number of nitrogens with two attached hydrogens (primary N) is 1. The number of nitrogens with one attached hydrogen (secondary N) is 2. The Labute approximate surface area is 94.2 Å². The maximum Gasteiger partial charge on any atom is 0.327 e. The average Bonchev–Trinajstić information content (AvgIpc) is 2.07. The van der Waals surface area contributed by atoms with Gasteiger partial charge in [0.2, 0.25) is 0 Å². The number of carbonyl (C=O) groups excluding carboxylic acids is 2. The third-order valence-electron chi connectivity index (χ3n) is 1.34. The minimum Gasteiger partial charge on any atom is -0.351 e.